The van der Waals surface area contributed by atoms with E-state index in [1.807, 2.05) is 0 Å². The molecule has 3 fully saturated rings. The number of amides is 2. The molecule has 7 rings (SSSR count). The highest BCUT2D eigenvalue weighted by molar-refractivity contribution is 7.15. The summed E-state index contributed by atoms with van der Waals surface area (Å²) in [4.78, 5) is 41.0. The Balaban J connectivity index is 0.892. The summed E-state index contributed by atoms with van der Waals surface area (Å²) < 4.78 is 52.9. The van der Waals surface area contributed by atoms with E-state index in [1.54, 1.807) is 6.20 Å². The van der Waals surface area contributed by atoms with Gasteiger partial charge in [0.15, 0.2) is 0 Å². The van der Waals surface area contributed by atoms with E-state index in [2.05, 4.69) is 51.3 Å². The molecule has 4 aliphatic rings. The number of nitrogens with zero attached hydrogens (tertiary/aromatic N) is 9. The normalized spacial score (nSPS) is 22.8. The SMILES string of the molecule is O=C(CC1=NC(N2CC(F)(F)C2)=CNC1)Nc1nnc([C@H]2CCC[C@H](c3nnc(NC(=O)Cc4cncc(N5CC(F)(F)C5)n4)s3)C2)s1. The van der Waals surface area contributed by atoms with Crippen molar-refractivity contribution >= 4 is 56.3 Å². The second-order valence-corrected chi connectivity index (χ2v) is 14.3. The van der Waals surface area contributed by atoms with E-state index in [9.17, 15) is 27.2 Å². The third-order valence-electron chi connectivity index (χ3n) is 8.27. The molecule has 1 aliphatic carbocycles. The summed E-state index contributed by atoms with van der Waals surface area (Å²) in [6, 6.07) is 0. The van der Waals surface area contributed by atoms with E-state index < -0.39 is 38.0 Å². The van der Waals surface area contributed by atoms with Crippen LogP contribution in [0.25, 0.3) is 0 Å². The second-order valence-electron chi connectivity index (χ2n) is 12.3. The van der Waals surface area contributed by atoms with Crippen LogP contribution in [-0.4, -0.2) is 97.4 Å². The summed E-state index contributed by atoms with van der Waals surface area (Å²) in [5, 5.41) is 27.8. The molecule has 0 aromatic carbocycles. The van der Waals surface area contributed by atoms with Gasteiger partial charge in [0.1, 0.15) is 21.7 Å². The van der Waals surface area contributed by atoms with Gasteiger partial charge < -0.3 is 25.8 Å². The van der Waals surface area contributed by atoms with E-state index in [-0.39, 0.29) is 36.5 Å². The molecule has 0 spiro atoms. The zero-order valence-corrected chi connectivity index (χ0v) is 27.0. The van der Waals surface area contributed by atoms with E-state index in [1.165, 1.54) is 44.9 Å². The van der Waals surface area contributed by atoms with Gasteiger partial charge in [0.05, 0.1) is 57.5 Å². The van der Waals surface area contributed by atoms with Crippen molar-refractivity contribution < 1.29 is 27.2 Å². The Labute approximate surface area is 279 Å². The van der Waals surface area contributed by atoms with Gasteiger partial charge in [-0.25, -0.2) is 27.5 Å². The van der Waals surface area contributed by atoms with Gasteiger partial charge in [-0.3, -0.25) is 14.6 Å². The van der Waals surface area contributed by atoms with Gasteiger partial charge in [0.25, 0.3) is 11.8 Å². The molecule has 6 heterocycles. The van der Waals surface area contributed by atoms with E-state index in [0.29, 0.717) is 39.9 Å². The molecule has 2 atom stereocenters. The molecule has 3 aromatic heterocycles. The largest absolute Gasteiger partial charge is 0.383 e. The number of aliphatic imine (C=N–C) groups is 1. The first-order valence-electron chi connectivity index (χ1n) is 15.3. The monoisotopic (exact) mass is 706 g/mol. The van der Waals surface area contributed by atoms with Crippen LogP contribution in [-0.2, 0) is 16.0 Å². The van der Waals surface area contributed by atoms with Crippen molar-refractivity contribution in [2.24, 2.45) is 4.99 Å². The number of aromatic nitrogens is 6. The highest BCUT2D eigenvalue weighted by Crippen LogP contribution is 2.43. The van der Waals surface area contributed by atoms with Crippen LogP contribution in [0.15, 0.2) is 29.4 Å². The van der Waals surface area contributed by atoms with Crippen molar-refractivity contribution in [2.75, 3.05) is 48.3 Å². The maximum absolute atomic E-state index is 13.2. The van der Waals surface area contributed by atoms with Crippen molar-refractivity contribution in [3.63, 3.8) is 0 Å². The fourth-order valence-corrected chi connectivity index (χ4v) is 7.77. The number of hydrogen-bond acceptors (Lipinski definition) is 14. The van der Waals surface area contributed by atoms with Crippen LogP contribution in [0.5, 0.6) is 0 Å². The predicted molar refractivity (Wildman–Crippen MR) is 169 cm³/mol. The smallest absolute Gasteiger partial charge is 0.282 e. The molecule has 3 N–H and O–H groups in total. The van der Waals surface area contributed by atoms with Gasteiger partial charge in [0.2, 0.25) is 22.1 Å². The van der Waals surface area contributed by atoms with Gasteiger partial charge in [-0.2, -0.15) is 0 Å². The number of likely N-dealkylation sites (tertiary alicyclic amines) is 1. The molecule has 0 bridgehead atoms. The fourth-order valence-electron chi connectivity index (χ4n) is 5.95. The van der Waals surface area contributed by atoms with Crippen molar-refractivity contribution in [2.45, 2.75) is 62.2 Å². The van der Waals surface area contributed by atoms with Gasteiger partial charge in [-0.05, 0) is 19.3 Å². The van der Waals surface area contributed by atoms with Gasteiger partial charge in [-0.1, -0.05) is 29.1 Å². The summed E-state index contributed by atoms with van der Waals surface area (Å²) in [5.41, 5.74) is 0.892. The van der Waals surface area contributed by atoms with Crippen LogP contribution < -0.4 is 20.9 Å². The Hall–Kier alpha value is -4.33. The van der Waals surface area contributed by atoms with Crippen LogP contribution in [0.1, 0.15) is 59.6 Å². The van der Waals surface area contributed by atoms with E-state index >= 15 is 0 Å². The average molecular weight is 707 g/mol. The number of rotatable bonds is 10. The second kappa shape index (κ2) is 12.9. The quantitative estimate of drug-likeness (QED) is 0.265. The molecule has 48 heavy (non-hydrogen) atoms. The van der Waals surface area contributed by atoms with Crippen LogP contribution in [0, 0.1) is 0 Å². The van der Waals surface area contributed by atoms with E-state index in [4.69, 9.17) is 0 Å². The number of carbonyl (C=O) groups is 2. The molecule has 2 amide bonds. The molecule has 1 saturated carbocycles. The summed E-state index contributed by atoms with van der Waals surface area (Å²) >= 11 is 2.61. The van der Waals surface area contributed by atoms with Gasteiger partial charge in [0, 0.05) is 29.9 Å². The summed E-state index contributed by atoms with van der Waals surface area (Å²) in [7, 11) is 0. The van der Waals surface area contributed by atoms with Crippen molar-refractivity contribution in [3.05, 3.63) is 40.1 Å². The zero-order chi connectivity index (χ0) is 33.5. The van der Waals surface area contributed by atoms with Crippen LogP contribution in [0.3, 0.4) is 0 Å². The molecule has 2 saturated heterocycles. The van der Waals surface area contributed by atoms with Crippen LogP contribution in [0.4, 0.5) is 33.6 Å². The van der Waals surface area contributed by atoms with Crippen molar-refractivity contribution in [1.29, 1.82) is 0 Å². The first kappa shape index (κ1) is 32.2. The average Bonchev–Trinajstić information content (AvgIpc) is 3.69. The molecule has 254 valence electrons. The maximum atomic E-state index is 13.2. The standard InChI is InChI=1S/C28H30F4N12O2S2/c29-27(30)11-43(12-27)19-9-33-7-17(35-19)5-21(45)37-25-41-39-23(47-25)15-2-1-3-16(4-15)24-40-42-26(48-24)38-22(46)6-18-8-34-10-20(36-18)44-13-28(31,32)14-44/h7,9-10,15-16,34H,1-6,8,11-14H2,(H,37,41,45)(H,38,42,46)/t15-,16-/m0/s1. The molecule has 3 aliphatic heterocycles. The molecule has 14 nitrogen and oxygen atoms in total. The number of hydrogen-bond donors (Lipinski definition) is 3. The Kier molecular flexibility index (Phi) is 8.69. The maximum Gasteiger partial charge on any atom is 0.282 e. The summed E-state index contributed by atoms with van der Waals surface area (Å²) in [5.74, 6) is -5.23. The topological polar surface area (TPSA) is 166 Å². The highest BCUT2D eigenvalue weighted by Gasteiger charge is 2.45. The molecule has 0 radical (unpaired) electrons. The molecular weight excluding hydrogens is 677 g/mol. The number of anilines is 3. The minimum absolute atomic E-state index is 0.00913. The number of halogens is 4. The Morgan fingerprint density at radius 1 is 0.854 bits per heavy atom. The lowest BCUT2D eigenvalue weighted by atomic mass is 9.82. The van der Waals surface area contributed by atoms with Gasteiger partial charge in [-0.15, -0.1) is 20.4 Å². The first-order chi connectivity index (χ1) is 23.0. The minimum Gasteiger partial charge on any atom is -0.383 e. The number of nitrogens with one attached hydrogen (secondary N) is 3. The zero-order valence-electron chi connectivity index (χ0n) is 25.3. The lowest BCUT2D eigenvalue weighted by Crippen LogP contribution is -2.56. The number of carbonyl (C=O) groups excluding carboxylic acids is 2. The molecular formula is C28H30F4N12O2S2. The molecule has 0 unspecified atom stereocenters. The summed E-state index contributed by atoms with van der Waals surface area (Å²) in [6.07, 6.45) is 7.80. The third-order valence-corrected chi connectivity index (χ3v) is 10.3. The minimum atomic E-state index is -2.74. The van der Waals surface area contributed by atoms with Crippen molar-refractivity contribution in [1.82, 2.24) is 40.6 Å². The number of alkyl halides is 4. The fraction of sp³-hybridized carbons (Fsp3) is 0.536. The Morgan fingerprint density at radius 3 is 2.08 bits per heavy atom. The van der Waals surface area contributed by atoms with Gasteiger partial charge >= 0.3 is 0 Å². The lowest BCUT2D eigenvalue weighted by molar-refractivity contribution is -0.117. The van der Waals surface area contributed by atoms with E-state index in [0.717, 1.165) is 35.7 Å². The van der Waals surface area contributed by atoms with Crippen LogP contribution in [0.2, 0.25) is 0 Å². The van der Waals surface area contributed by atoms with Crippen molar-refractivity contribution in [3.8, 4) is 0 Å². The molecule has 3 aromatic rings. The first-order valence-corrected chi connectivity index (χ1v) is 16.9. The highest BCUT2D eigenvalue weighted by atomic mass is 32.1. The Bertz CT molecular complexity index is 1750. The third kappa shape index (κ3) is 7.53. The summed E-state index contributed by atoms with van der Waals surface area (Å²) in [6.45, 7) is -1.29. The lowest BCUT2D eigenvalue weighted by Gasteiger charge is -2.40. The molecule has 20 heteroatoms. The van der Waals surface area contributed by atoms with Crippen LogP contribution >= 0.6 is 22.7 Å². The predicted octanol–water partition coefficient (Wildman–Crippen LogP) is 3.38. The Morgan fingerprint density at radius 2 is 1.46 bits per heavy atom.